The van der Waals surface area contributed by atoms with Crippen LogP contribution in [0.3, 0.4) is 0 Å². The second kappa shape index (κ2) is 7.64. The van der Waals surface area contributed by atoms with Crippen LogP contribution in [0.15, 0.2) is 29.4 Å². The first-order chi connectivity index (χ1) is 9.81. The molecular formula is C15H24N4O2. The molecule has 0 fully saturated rings. The Labute approximate surface area is 125 Å². The molecule has 0 atom stereocenters. The monoisotopic (exact) mass is 292 g/mol. The number of carbonyl (C=O) groups is 1. The normalized spacial score (nSPS) is 12.2. The van der Waals surface area contributed by atoms with Gasteiger partial charge in [-0.25, -0.2) is 0 Å². The van der Waals surface area contributed by atoms with E-state index in [1.807, 2.05) is 32.9 Å². The van der Waals surface area contributed by atoms with Crippen molar-refractivity contribution in [3.8, 4) is 0 Å². The molecule has 1 amide bonds. The van der Waals surface area contributed by atoms with Gasteiger partial charge in [-0.05, 0) is 26.3 Å². The fourth-order valence-electron chi connectivity index (χ4n) is 1.77. The van der Waals surface area contributed by atoms with Gasteiger partial charge >= 0.3 is 0 Å². The molecule has 1 aromatic rings. The molecule has 0 aromatic heterocycles. The maximum Gasteiger partial charge on any atom is 0.221 e. The van der Waals surface area contributed by atoms with E-state index in [1.54, 1.807) is 12.1 Å². The lowest BCUT2D eigenvalue weighted by Gasteiger charge is -2.20. The molecule has 6 heteroatoms. The second-order valence-corrected chi connectivity index (χ2v) is 5.91. The molecule has 0 saturated carbocycles. The Hall–Kier alpha value is -2.08. The fourth-order valence-corrected chi connectivity index (χ4v) is 1.77. The summed E-state index contributed by atoms with van der Waals surface area (Å²) in [7, 11) is 0. The maximum absolute atomic E-state index is 11.6. The van der Waals surface area contributed by atoms with Crippen LogP contribution in [-0.2, 0) is 11.3 Å². The minimum absolute atomic E-state index is 0.0391. The number of rotatable bonds is 6. The van der Waals surface area contributed by atoms with Crippen LogP contribution in [0.2, 0.25) is 0 Å². The first-order valence-corrected chi connectivity index (χ1v) is 6.90. The Balaban J connectivity index is 2.32. The van der Waals surface area contributed by atoms with Crippen molar-refractivity contribution in [1.82, 2.24) is 10.6 Å². The Bertz CT molecular complexity index is 489. The molecule has 0 saturated heterocycles. The largest absolute Gasteiger partial charge is 0.409 e. The van der Waals surface area contributed by atoms with Gasteiger partial charge in [0.25, 0.3) is 0 Å². The Kier molecular flexibility index (Phi) is 6.17. The summed E-state index contributed by atoms with van der Waals surface area (Å²) < 4.78 is 0. The fraction of sp³-hybridized carbons (Fsp3) is 0.467. The van der Waals surface area contributed by atoms with E-state index in [-0.39, 0.29) is 17.3 Å². The van der Waals surface area contributed by atoms with Crippen LogP contribution in [0, 0.1) is 0 Å². The zero-order valence-corrected chi connectivity index (χ0v) is 12.8. The van der Waals surface area contributed by atoms with Gasteiger partial charge < -0.3 is 21.6 Å². The number of carbonyl (C=O) groups excluding carboxylic acids is 1. The van der Waals surface area contributed by atoms with Crippen molar-refractivity contribution in [2.24, 2.45) is 10.9 Å². The smallest absolute Gasteiger partial charge is 0.221 e. The molecule has 21 heavy (non-hydrogen) atoms. The number of oxime groups is 1. The zero-order valence-electron chi connectivity index (χ0n) is 12.8. The van der Waals surface area contributed by atoms with Crippen molar-refractivity contribution in [2.45, 2.75) is 39.3 Å². The van der Waals surface area contributed by atoms with Gasteiger partial charge in [0.1, 0.15) is 0 Å². The highest BCUT2D eigenvalue weighted by molar-refractivity contribution is 5.96. The van der Waals surface area contributed by atoms with E-state index in [0.29, 0.717) is 25.1 Å². The first kappa shape index (κ1) is 17.0. The third-order valence-electron chi connectivity index (χ3n) is 2.73. The number of hydrogen-bond acceptors (Lipinski definition) is 4. The average Bonchev–Trinajstić information content (AvgIpc) is 2.41. The van der Waals surface area contributed by atoms with E-state index in [1.165, 1.54) is 0 Å². The third-order valence-corrected chi connectivity index (χ3v) is 2.73. The summed E-state index contributed by atoms with van der Waals surface area (Å²) in [6.45, 7) is 7.16. The second-order valence-electron chi connectivity index (χ2n) is 5.91. The van der Waals surface area contributed by atoms with E-state index < -0.39 is 0 Å². The number of nitrogens with one attached hydrogen (secondary N) is 2. The standard InChI is InChI=1S/C15H24N4O2/c1-15(2,3)18-13(20)8-9-17-10-11-4-6-12(7-5-11)14(16)19-21/h4-7,17,21H,8-10H2,1-3H3,(H2,16,19)(H,18,20). The zero-order chi connectivity index (χ0) is 15.9. The summed E-state index contributed by atoms with van der Waals surface area (Å²) in [6.07, 6.45) is 0.444. The molecule has 0 aliphatic carbocycles. The van der Waals surface area contributed by atoms with Gasteiger partial charge in [-0.3, -0.25) is 4.79 Å². The van der Waals surface area contributed by atoms with Crippen LogP contribution < -0.4 is 16.4 Å². The summed E-state index contributed by atoms with van der Waals surface area (Å²) in [5, 5.41) is 17.6. The molecule has 0 heterocycles. The van der Waals surface area contributed by atoms with Crippen LogP contribution in [0.25, 0.3) is 0 Å². The molecule has 0 bridgehead atoms. The Morgan fingerprint density at radius 1 is 1.29 bits per heavy atom. The highest BCUT2D eigenvalue weighted by Gasteiger charge is 2.12. The molecule has 0 radical (unpaired) electrons. The average molecular weight is 292 g/mol. The van der Waals surface area contributed by atoms with E-state index in [9.17, 15) is 4.79 Å². The predicted octanol–water partition coefficient (Wildman–Crippen LogP) is 1.18. The van der Waals surface area contributed by atoms with Gasteiger partial charge in [0.15, 0.2) is 5.84 Å². The molecule has 0 unspecified atom stereocenters. The van der Waals surface area contributed by atoms with Crippen LogP contribution in [0.1, 0.15) is 38.3 Å². The minimum Gasteiger partial charge on any atom is -0.409 e. The van der Waals surface area contributed by atoms with Gasteiger partial charge in [-0.1, -0.05) is 29.4 Å². The van der Waals surface area contributed by atoms with E-state index >= 15 is 0 Å². The molecule has 0 spiro atoms. The summed E-state index contributed by atoms with van der Waals surface area (Å²) in [4.78, 5) is 11.6. The summed E-state index contributed by atoms with van der Waals surface area (Å²) >= 11 is 0. The van der Waals surface area contributed by atoms with Crippen LogP contribution in [0.5, 0.6) is 0 Å². The molecule has 5 N–H and O–H groups in total. The number of benzene rings is 1. The molecular weight excluding hydrogens is 268 g/mol. The highest BCUT2D eigenvalue weighted by Crippen LogP contribution is 2.04. The van der Waals surface area contributed by atoms with Crippen molar-refractivity contribution in [3.63, 3.8) is 0 Å². The topological polar surface area (TPSA) is 99.7 Å². The highest BCUT2D eigenvalue weighted by atomic mass is 16.4. The number of nitrogens with two attached hydrogens (primary N) is 1. The van der Waals surface area contributed by atoms with Crippen molar-refractivity contribution < 1.29 is 10.0 Å². The van der Waals surface area contributed by atoms with Crippen LogP contribution in [-0.4, -0.2) is 29.0 Å². The lowest BCUT2D eigenvalue weighted by Crippen LogP contribution is -2.41. The van der Waals surface area contributed by atoms with Gasteiger partial charge in [0, 0.05) is 30.6 Å². The maximum atomic E-state index is 11.6. The van der Waals surface area contributed by atoms with Gasteiger partial charge in [-0.2, -0.15) is 0 Å². The summed E-state index contributed by atoms with van der Waals surface area (Å²) in [5.74, 6) is 0.130. The third kappa shape index (κ3) is 6.76. The SMILES string of the molecule is CC(C)(C)NC(=O)CCNCc1ccc(/C(N)=N/O)cc1. The summed E-state index contributed by atoms with van der Waals surface area (Å²) in [6, 6.07) is 7.38. The molecule has 0 aliphatic rings. The molecule has 1 rings (SSSR count). The molecule has 116 valence electrons. The van der Waals surface area contributed by atoms with Crippen molar-refractivity contribution in [3.05, 3.63) is 35.4 Å². The number of hydrogen-bond donors (Lipinski definition) is 4. The van der Waals surface area contributed by atoms with Crippen molar-refractivity contribution in [1.29, 1.82) is 0 Å². The van der Waals surface area contributed by atoms with Crippen LogP contribution >= 0.6 is 0 Å². The van der Waals surface area contributed by atoms with Gasteiger partial charge in [0.05, 0.1) is 0 Å². The first-order valence-electron chi connectivity index (χ1n) is 6.90. The van der Waals surface area contributed by atoms with E-state index in [2.05, 4.69) is 15.8 Å². The van der Waals surface area contributed by atoms with E-state index in [0.717, 1.165) is 5.56 Å². The van der Waals surface area contributed by atoms with Crippen molar-refractivity contribution >= 4 is 11.7 Å². The number of amidine groups is 1. The lowest BCUT2D eigenvalue weighted by atomic mass is 10.1. The predicted molar refractivity (Wildman–Crippen MR) is 83.2 cm³/mol. The van der Waals surface area contributed by atoms with Crippen LogP contribution in [0.4, 0.5) is 0 Å². The quantitative estimate of drug-likeness (QED) is 0.208. The Morgan fingerprint density at radius 3 is 2.43 bits per heavy atom. The minimum atomic E-state index is -0.193. The number of nitrogens with zero attached hydrogens (tertiary/aromatic N) is 1. The molecule has 6 nitrogen and oxygen atoms in total. The van der Waals surface area contributed by atoms with E-state index in [4.69, 9.17) is 10.9 Å². The summed E-state index contributed by atoms with van der Waals surface area (Å²) in [5.41, 5.74) is 7.04. The Morgan fingerprint density at radius 2 is 1.90 bits per heavy atom. The van der Waals surface area contributed by atoms with Gasteiger partial charge in [-0.15, -0.1) is 0 Å². The molecule has 1 aromatic carbocycles. The van der Waals surface area contributed by atoms with Gasteiger partial charge in [0.2, 0.25) is 5.91 Å². The number of amides is 1. The molecule has 0 aliphatic heterocycles. The lowest BCUT2D eigenvalue weighted by molar-refractivity contribution is -0.122. The van der Waals surface area contributed by atoms with Crippen molar-refractivity contribution in [2.75, 3.05) is 6.54 Å².